The van der Waals surface area contributed by atoms with E-state index in [-0.39, 0.29) is 12.0 Å². The topological polar surface area (TPSA) is 80.7 Å². The zero-order valence-electron chi connectivity index (χ0n) is 12.6. The van der Waals surface area contributed by atoms with E-state index in [1.807, 2.05) is 0 Å². The minimum atomic E-state index is -1.69. The van der Waals surface area contributed by atoms with Crippen LogP contribution >= 0.6 is 0 Å². The van der Waals surface area contributed by atoms with Gasteiger partial charge in [-0.25, -0.2) is 0 Å². The van der Waals surface area contributed by atoms with Gasteiger partial charge in [-0.05, 0) is 37.5 Å². The number of ketones is 1. The molecule has 1 aliphatic carbocycles. The van der Waals surface area contributed by atoms with Gasteiger partial charge in [-0.3, -0.25) is 14.4 Å². The molecule has 0 aliphatic heterocycles. The lowest BCUT2D eigenvalue weighted by molar-refractivity contribution is -0.168. The van der Waals surface area contributed by atoms with Crippen LogP contribution in [0.3, 0.4) is 0 Å². The van der Waals surface area contributed by atoms with Gasteiger partial charge in [0.15, 0.2) is 5.78 Å². The minimum absolute atomic E-state index is 0.233. The Bertz CT molecular complexity index is 374. The van der Waals surface area contributed by atoms with E-state index in [1.54, 1.807) is 0 Å². The lowest BCUT2D eigenvalue weighted by atomic mass is 9.75. The van der Waals surface area contributed by atoms with Gasteiger partial charge in [0.1, 0.15) is 6.10 Å². The number of carbonyl (C=O) groups excluding carboxylic acids is 2. The van der Waals surface area contributed by atoms with Gasteiger partial charge in [0.25, 0.3) is 0 Å². The molecule has 0 aromatic heterocycles. The summed E-state index contributed by atoms with van der Waals surface area (Å²) in [7, 11) is 0. The van der Waals surface area contributed by atoms with Crippen molar-refractivity contribution in [2.24, 2.45) is 23.7 Å². The Hall–Kier alpha value is -1.39. The number of Topliss-reactive ketones (excluding diaryl/α,β-unsaturated/α-hetero) is 1. The van der Waals surface area contributed by atoms with Crippen molar-refractivity contribution in [3.05, 3.63) is 0 Å². The van der Waals surface area contributed by atoms with Gasteiger partial charge in [-0.1, -0.05) is 27.2 Å². The van der Waals surface area contributed by atoms with Gasteiger partial charge in [0.05, 0.1) is 0 Å². The van der Waals surface area contributed by atoms with Crippen molar-refractivity contribution in [1.82, 2.24) is 0 Å². The molecule has 4 atom stereocenters. The average Bonchev–Trinajstić information content (AvgIpc) is 2.26. The highest BCUT2D eigenvalue weighted by Crippen LogP contribution is 2.35. The molecule has 20 heavy (non-hydrogen) atoms. The lowest BCUT2D eigenvalue weighted by Gasteiger charge is -2.37. The fraction of sp³-hybridized carbons (Fsp3) is 0.800. The summed E-state index contributed by atoms with van der Waals surface area (Å²) in [4.78, 5) is 34.2. The van der Waals surface area contributed by atoms with Crippen molar-refractivity contribution in [3.8, 4) is 0 Å². The molecular weight excluding hydrogens is 260 g/mol. The largest absolute Gasteiger partial charge is 0.480 e. The summed E-state index contributed by atoms with van der Waals surface area (Å²) in [6.45, 7) is 7.34. The Balaban J connectivity index is 2.79. The molecule has 0 radical (unpaired) electrons. The van der Waals surface area contributed by atoms with Crippen LogP contribution in [0.15, 0.2) is 0 Å². The fourth-order valence-electron chi connectivity index (χ4n) is 2.91. The molecule has 5 nitrogen and oxygen atoms in total. The van der Waals surface area contributed by atoms with Crippen molar-refractivity contribution in [2.45, 2.75) is 53.1 Å². The number of hydrogen-bond acceptors (Lipinski definition) is 4. The van der Waals surface area contributed by atoms with Crippen LogP contribution in [0.4, 0.5) is 0 Å². The number of rotatable bonds is 5. The lowest BCUT2D eigenvalue weighted by Crippen LogP contribution is -2.40. The monoisotopic (exact) mass is 284 g/mol. The number of carboxylic acid groups (broad SMARTS) is 1. The van der Waals surface area contributed by atoms with Crippen LogP contribution < -0.4 is 0 Å². The molecule has 114 valence electrons. The van der Waals surface area contributed by atoms with Crippen LogP contribution in [0.5, 0.6) is 0 Å². The fourth-order valence-corrected chi connectivity index (χ4v) is 2.91. The first kappa shape index (κ1) is 16.7. The highest BCUT2D eigenvalue weighted by molar-refractivity contribution is 6.13. The van der Waals surface area contributed by atoms with Gasteiger partial charge >= 0.3 is 11.9 Å². The number of carboxylic acids is 1. The van der Waals surface area contributed by atoms with E-state index in [4.69, 9.17) is 9.84 Å². The van der Waals surface area contributed by atoms with Crippen LogP contribution in [-0.4, -0.2) is 28.9 Å². The van der Waals surface area contributed by atoms with Crippen LogP contribution in [0.2, 0.25) is 0 Å². The van der Waals surface area contributed by atoms with Crippen LogP contribution in [0, 0.1) is 23.7 Å². The number of ether oxygens (including phenoxy) is 1. The number of esters is 1. The maximum Gasteiger partial charge on any atom is 0.328 e. The molecule has 0 saturated heterocycles. The minimum Gasteiger partial charge on any atom is -0.480 e. The van der Waals surface area contributed by atoms with Gasteiger partial charge < -0.3 is 9.84 Å². The second kappa shape index (κ2) is 6.86. The Morgan fingerprint density at radius 1 is 1.20 bits per heavy atom. The highest BCUT2D eigenvalue weighted by Gasteiger charge is 2.38. The maximum atomic E-state index is 11.9. The first-order valence-electron chi connectivity index (χ1n) is 7.17. The molecule has 0 bridgehead atoms. The molecular formula is C15H24O5. The van der Waals surface area contributed by atoms with Crippen LogP contribution in [0.25, 0.3) is 0 Å². The first-order valence-corrected chi connectivity index (χ1v) is 7.17. The molecule has 0 heterocycles. The van der Waals surface area contributed by atoms with E-state index in [1.165, 1.54) is 0 Å². The molecule has 0 amide bonds. The third-order valence-corrected chi connectivity index (χ3v) is 4.12. The molecule has 4 unspecified atom stereocenters. The number of carbonyl (C=O) groups is 3. The summed E-state index contributed by atoms with van der Waals surface area (Å²) in [5.74, 6) is -3.70. The molecule has 0 spiro atoms. The van der Waals surface area contributed by atoms with Crippen molar-refractivity contribution >= 4 is 17.7 Å². The summed E-state index contributed by atoms with van der Waals surface area (Å²) in [6, 6.07) is 0. The molecule has 1 rings (SSSR count). The molecule has 1 N–H and O–H groups in total. The van der Waals surface area contributed by atoms with E-state index >= 15 is 0 Å². The Morgan fingerprint density at radius 3 is 2.25 bits per heavy atom. The quantitative estimate of drug-likeness (QED) is 0.618. The second-order valence-electron chi connectivity index (χ2n) is 6.18. The summed E-state index contributed by atoms with van der Waals surface area (Å²) < 4.78 is 5.38. The van der Waals surface area contributed by atoms with Crippen molar-refractivity contribution in [1.29, 1.82) is 0 Å². The van der Waals surface area contributed by atoms with Gasteiger partial charge in [-0.2, -0.15) is 0 Å². The van der Waals surface area contributed by atoms with Crippen molar-refractivity contribution in [3.63, 3.8) is 0 Å². The maximum absolute atomic E-state index is 11.9. The second-order valence-corrected chi connectivity index (χ2v) is 6.18. The zero-order chi connectivity index (χ0) is 15.4. The van der Waals surface area contributed by atoms with E-state index in [0.717, 1.165) is 26.2 Å². The highest BCUT2D eigenvalue weighted by atomic mass is 16.5. The summed E-state index contributed by atoms with van der Waals surface area (Å²) in [6.07, 6.45) is 2.51. The van der Waals surface area contributed by atoms with Crippen molar-refractivity contribution in [2.75, 3.05) is 0 Å². The van der Waals surface area contributed by atoms with Crippen LogP contribution in [0.1, 0.15) is 47.0 Å². The van der Waals surface area contributed by atoms with Crippen LogP contribution in [-0.2, 0) is 19.1 Å². The number of aliphatic carboxylic acids is 1. The van der Waals surface area contributed by atoms with Gasteiger partial charge in [0, 0.05) is 0 Å². The molecule has 1 saturated carbocycles. The predicted octanol–water partition coefficient (Wildman–Crippen LogP) is 2.28. The Labute approximate surface area is 119 Å². The van der Waals surface area contributed by atoms with Gasteiger partial charge in [-0.15, -0.1) is 0 Å². The summed E-state index contributed by atoms with van der Waals surface area (Å²) >= 11 is 0. The summed E-state index contributed by atoms with van der Waals surface area (Å²) in [5, 5.41) is 8.95. The van der Waals surface area contributed by atoms with E-state index < -0.39 is 23.6 Å². The third kappa shape index (κ3) is 4.05. The van der Waals surface area contributed by atoms with E-state index in [9.17, 15) is 14.4 Å². The standard InChI is InChI=1S/C15H24O5/c1-8(2)11-6-5-9(3)7-12(11)20-15(19)13(10(4)16)14(17)18/h8-9,11-13H,5-7H2,1-4H3,(H,17,18). The molecule has 0 aromatic rings. The summed E-state index contributed by atoms with van der Waals surface area (Å²) in [5.41, 5.74) is 0. The smallest absolute Gasteiger partial charge is 0.328 e. The normalized spacial score (nSPS) is 27.9. The van der Waals surface area contributed by atoms with E-state index in [0.29, 0.717) is 11.8 Å². The van der Waals surface area contributed by atoms with Crippen molar-refractivity contribution < 1.29 is 24.2 Å². The van der Waals surface area contributed by atoms with E-state index in [2.05, 4.69) is 20.8 Å². The Morgan fingerprint density at radius 2 is 1.80 bits per heavy atom. The molecule has 1 fully saturated rings. The number of hydrogen-bond donors (Lipinski definition) is 1. The van der Waals surface area contributed by atoms with Gasteiger partial charge in [0.2, 0.25) is 5.92 Å². The molecule has 0 aromatic carbocycles. The Kier molecular flexibility index (Phi) is 5.72. The third-order valence-electron chi connectivity index (χ3n) is 4.12. The zero-order valence-corrected chi connectivity index (χ0v) is 12.6. The first-order chi connectivity index (χ1) is 9.23. The SMILES string of the molecule is CC(=O)C(C(=O)O)C(=O)OC1CC(C)CCC1C(C)C. The molecule has 5 heteroatoms. The molecule has 1 aliphatic rings. The average molecular weight is 284 g/mol. The predicted molar refractivity (Wildman–Crippen MR) is 73.0 cm³/mol.